The maximum absolute atomic E-state index is 13.6. The SMILES string of the molecule is O=S(=O)(Nc1ccc(CCNC[C@H](O)c2cccnc2)cc1)c1ccc(-n2ncc(-c3ccc(F)c(F)c3)n2)cc1. The fourth-order valence-corrected chi connectivity index (χ4v) is 5.11. The van der Waals surface area contributed by atoms with Crippen molar-refractivity contribution in [2.45, 2.75) is 17.4 Å². The van der Waals surface area contributed by atoms with Crippen molar-refractivity contribution in [2.75, 3.05) is 17.8 Å². The zero-order valence-electron chi connectivity index (χ0n) is 21.7. The molecular weight excluding hydrogens is 550 g/mol. The summed E-state index contributed by atoms with van der Waals surface area (Å²) in [5.74, 6) is -1.94. The molecule has 0 aliphatic heterocycles. The first-order valence-corrected chi connectivity index (χ1v) is 14.2. The zero-order valence-corrected chi connectivity index (χ0v) is 22.5. The van der Waals surface area contributed by atoms with Gasteiger partial charge < -0.3 is 10.4 Å². The molecule has 0 saturated heterocycles. The molecule has 0 fully saturated rings. The predicted molar refractivity (Wildman–Crippen MR) is 150 cm³/mol. The summed E-state index contributed by atoms with van der Waals surface area (Å²) in [6, 6.07) is 20.1. The maximum Gasteiger partial charge on any atom is 0.261 e. The predicted octanol–water partition coefficient (Wildman–Crippen LogP) is 4.27. The summed E-state index contributed by atoms with van der Waals surface area (Å²) in [5, 5.41) is 21.8. The minimum absolute atomic E-state index is 0.0506. The molecule has 0 bridgehead atoms. The van der Waals surface area contributed by atoms with Crippen LogP contribution < -0.4 is 10.0 Å². The summed E-state index contributed by atoms with van der Waals surface area (Å²) in [7, 11) is -3.85. The van der Waals surface area contributed by atoms with Gasteiger partial charge in [-0.15, -0.1) is 5.10 Å². The van der Waals surface area contributed by atoms with Gasteiger partial charge in [-0.25, -0.2) is 17.2 Å². The Balaban J connectivity index is 1.15. The third-order valence-corrected chi connectivity index (χ3v) is 7.69. The zero-order chi connectivity index (χ0) is 28.8. The monoisotopic (exact) mass is 576 g/mol. The number of nitrogens with zero attached hydrogens (tertiary/aromatic N) is 4. The van der Waals surface area contributed by atoms with Crippen LogP contribution in [0.2, 0.25) is 0 Å². The number of sulfonamides is 1. The van der Waals surface area contributed by atoms with Gasteiger partial charge in [-0.05, 0) is 79.2 Å². The van der Waals surface area contributed by atoms with Crippen LogP contribution in [0.3, 0.4) is 0 Å². The largest absolute Gasteiger partial charge is 0.387 e. The van der Waals surface area contributed by atoms with E-state index >= 15 is 0 Å². The average molecular weight is 577 g/mol. The highest BCUT2D eigenvalue weighted by Crippen LogP contribution is 2.21. The number of hydrogen-bond acceptors (Lipinski definition) is 7. The summed E-state index contributed by atoms with van der Waals surface area (Å²) in [5.41, 5.74) is 3.36. The number of hydrogen-bond donors (Lipinski definition) is 3. The van der Waals surface area contributed by atoms with E-state index in [0.717, 1.165) is 23.3 Å². The number of benzene rings is 3. The topological polar surface area (TPSA) is 122 Å². The Morgan fingerprint density at radius 2 is 1.71 bits per heavy atom. The number of aromatic nitrogens is 4. The number of nitrogens with one attached hydrogen (secondary N) is 2. The Labute approximate surface area is 235 Å². The van der Waals surface area contributed by atoms with E-state index in [1.54, 1.807) is 42.7 Å². The van der Waals surface area contributed by atoms with Crippen LogP contribution in [0.25, 0.3) is 16.9 Å². The lowest BCUT2D eigenvalue weighted by Gasteiger charge is -2.12. The number of rotatable bonds is 11. The Morgan fingerprint density at radius 3 is 2.41 bits per heavy atom. The number of aliphatic hydroxyl groups is 1. The van der Waals surface area contributed by atoms with Crippen LogP contribution in [0.1, 0.15) is 17.2 Å². The highest BCUT2D eigenvalue weighted by atomic mass is 32.2. The van der Waals surface area contributed by atoms with E-state index in [1.165, 1.54) is 29.2 Å². The van der Waals surface area contributed by atoms with E-state index in [4.69, 9.17) is 0 Å². The summed E-state index contributed by atoms with van der Waals surface area (Å²) in [4.78, 5) is 5.33. The van der Waals surface area contributed by atoms with Crippen molar-refractivity contribution in [3.63, 3.8) is 0 Å². The molecule has 9 nitrogen and oxygen atoms in total. The molecule has 5 rings (SSSR count). The highest BCUT2D eigenvalue weighted by molar-refractivity contribution is 7.92. The Hall–Kier alpha value is -4.52. The van der Waals surface area contributed by atoms with Crippen molar-refractivity contribution in [1.29, 1.82) is 0 Å². The van der Waals surface area contributed by atoms with Gasteiger partial charge in [0, 0.05) is 35.8 Å². The lowest BCUT2D eigenvalue weighted by atomic mass is 10.1. The fraction of sp³-hybridized carbons (Fsp3) is 0.138. The first-order valence-electron chi connectivity index (χ1n) is 12.7. The number of halogens is 2. The van der Waals surface area contributed by atoms with Crippen molar-refractivity contribution in [3.05, 3.63) is 120 Å². The van der Waals surface area contributed by atoms with Gasteiger partial charge in [-0.2, -0.15) is 9.90 Å². The molecule has 1 atom stereocenters. The number of aliphatic hydroxyl groups excluding tert-OH is 1. The summed E-state index contributed by atoms with van der Waals surface area (Å²) in [6.07, 6.45) is 4.75. The van der Waals surface area contributed by atoms with Gasteiger partial charge in [0.2, 0.25) is 0 Å². The lowest BCUT2D eigenvalue weighted by Crippen LogP contribution is -2.23. The maximum atomic E-state index is 13.6. The average Bonchev–Trinajstić information content (AvgIpc) is 3.48. The van der Waals surface area contributed by atoms with E-state index in [9.17, 15) is 22.3 Å². The third kappa shape index (κ3) is 6.98. The molecular formula is C29H26F2N6O3S. The van der Waals surface area contributed by atoms with Gasteiger partial charge in [-0.1, -0.05) is 18.2 Å². The van der Waals surface area contributed by atoms with E-state index in [1.807, 2.05) is 18.2 Å². The fourth-order valence-electron chi connectivity index (χ4n) is 4.05. The highest BCUT2D eigenvalue weighted by Gasteiger charge is 2.15. The van der Waals surface area contributed by atoms with E-state index in [2.05, 4.69) is 25.2 Å². The van der Waals surface area contributed by atoms with Crippen LogP contribution >= 0.6 is 0 Å². The lowest BCUT2D eigenvalue weighted by molar-refractivity contribution is 0.174. The second-order valence-corrected chi connectivity index (χ2v) is 10.9. The van der Waals surface area contributed by atoms with Crippen molar-refractivity contribution in [2.24, 2.45) is 0 Å². The summed E-state index contributed by atoms with van der Waals surface area (Å²) >= 11 is 0. The van der Waals surface area contributed by atoms with Crippen molar-refractivity contribution < 1.29 is 22.3 Å². The Bertz CT molecular complexity index is 1710. The van der Waals surface area contributed by atoms with Crippen molar-refractivity contribution in [3.8, 4) is 16.9 Å². The molecule has 3 N–H and O–H groups in total. The molecule has 0 unspecified atom stereocenters. The van der Waals surface area contributed by atoms with Crippen molar-refractivity contribution >= 4 is 15.7 Å². The van der Waals surface area contributed by atoms with Crippen LogP contribution in [0.15, 0.2) is 102 Å². The molecule has 0 amide bonds. The Kier molecular flexibility index (Phi) is 8.43. The first kappa shape index (κ1) is 28.0. The van der Waals surface area contributed by atoms with E-state index < -0.39 is 27.8 Å². The van der Waals surface area contributed by atoms with Crippen LogP contribution in [-0.4, -0.2) is 46.6 Å². The van der Waals surface area contributed by atoms with E-state index in [0.29, 0.717) is 42.1 Å². The van der Waals surface area contributed by atoms with Gasteiger partial charge in [0.25, 0.3) is 10.0 Å². The molecule has 210 valence electrons. The second-order valence-electron chi connectivity index (χ2n) is 9.20. The molecule has 41 heavy (non-hydrogen) atoms. The smallest absolute Gasteiger partial charge is 0.261 e. The second kappa shape index (κ2) is 12.3. The molecule has 0 aliphatic carbocycles. The molecule has 12 heteroatoms. The quantitative estimate of drug-likeness (QED) is 0.201. The first-order chi connectivity index (χ1) is 19.8. The van der Waals surface area contributed by atoms with E-state index in [-0.39, 0.29) is 4.90 Å². The molecule has 0 radical (unpaired) electrons. The molecule has 2 aromatic heterocycles. The van der Waals surface area contributed by atoms with Gasteiger partial charge >= 0.3 is 0 Å². The normalized spacial score (nSPS) is 12.3. The van der Waals surface area contributed by atoms with Crippen LogP contribution in [0.4, 0.5) is 14.5 Å². The molecule has 5 aromatic rings. The molecule has 3 aromatic carbocycles. The van der Waals surface area contributed by atoms with Crippen LogP contribution in [0.5, 0.6) is 0 Å². The molecule has 0 saturated carbocycles. The van der Waals surface area contributed by atoms with Crippen molar-refractivity contribution in [1.82, 2.24) is 25.3 Å². The van der Waals surface area contributed by atoms with Crippen LogP contribution in [0, 0.1) is 11.6 Å². The van der Waals surface area contributed by atoms with Crippen LogP contribution in [-0.2, 0) is 16.4 Å². The minimum Gasteiger partial charge on any atom is -0.387 e. The van der Waals surface area contributed by atoms with Gasteiger partial charge in [-0.3, -0.25) is 9.71 Å². The molecule has 2 heterocycles. The van der Waals surface area contributed by atoms with Gasteiger partial charge in [0.15, 0.2) is 11.6 Å². The number of anilines is 1. The molecule has 0 spiro atoms. The minimum atomic E-state index is -3.85. The Morgan fingerprint density at radius 1 is 0.927 bits per heavy atom. The third-order valence-electron chi connectivity index (χ3n) is 6.29. The number of pyridine rings is 1. The standard InChI is InChI=1S/C29H26F2N6O3S/c30-26-12-5-21(16-27(26)31)28-18-34-37(35-28)24-8-10-25(11-9-24)41(39,40)36-23-6-3-20(4-7-23)13-15-33-19-29(38)22-2-1-14-32-17-22/h1-12,14,16-18,29,33,36,38H,13,15,19H2/t29-/m0/s1. The molecule has 0 aliphatic rings. The summed E-state index contributed by atoms with van der Waals surface area (Å²) < 4.78 is 55.2. The summed E-state index contributed by atoms with van der Waals surface area (Å²) in [6.45, 7) is 1.04. The van der Waals surface area contributed by atoms with Gasteiger partial charge in [0.1, 0.15) is 5.69 Å². The van der Waals surface area contributed by atoms with Gasteiger partial charge in [0.05, 0.1) is 22.9 Å².